The number of carbonyl (C=O) groups is 3. The first-order chi connectivity index (χ1) is 10.5. The van der Waals surface area contributed by atoms with E-state index in [1.165, 1.54) is 0 Å². The van der Waals surface area contributed by atoms with Gasteiger partial charge in [-0.05, 0) is 23.8 Å². The highest BCUT2D eigenvalue weighted by Crippen LogP contribution is 2.13. The second kappa shape index (κ2) is 6.71. The molecule has 22 heavy (non-hydrogen) atoms. The molecule has 0 atom stereocenters. The monoisotopic (exact) mass is 301 g/mol. The number of carboxylic acids is 1. The Morgan fingerprint density at radius 1 is 1.14 bits per heavy atom. The van der Waals surface area contributed by atoms with Gasteiger partial charge in [0.25, 0.3) is 0 Å². The smallest absolute Gasteiger partial charge is 0.372 e. The summed E-state index contributed by atoms with van der Waals surface area (Å²) in [5.74, 6) is -2.43. The minimum absolute atomic E-state index is 0.322. The zero-order valence-electron chi connectivity index (χ0n) is 12.0. The lowest BCUT2D eigenvalue weighted by molar-refractivity contribution is -0.148. The van der Waals surface area contributed by atoms with E-state index in [0.717, 1.165) is 11.3 Å². The van der Waals surface area contributed by atoms with E-state index in [1.807, 2.05) is 24.3 Å². The van der Waals surface area contributed by atoms with E-state index in [1.54, 1.807) is 30.1 Å². The lowest BCUT2D eigenvalue weighted by atomic mass is 10.1. The Morgan fingerprint density at radius 3 is 2.41 bits per heavy atom. The van der Waals surface area contributed by atoms with E-state index >= 15 is 0 Å². The molecule has 0 aliphatic rings. The van der Waals surface area contributed by atoms with Gasteiger partial charge in [0.2, 0.25) is 5.78 Å². The second-order valence-corrected chi connectivity index (χ2v) is 4.75. The second-order valence-electron chi connectivity index (χ2n) is 4.75. The van der Waals surface area contributed by atoms with Gasteiger partial charge in [-0.25, -0.2) is 4.79 Å². The van der Waals surface area contributed by atoms with Gasteiger partial charge in [-0.3, -0.25) is 9.59 Å². The standard InChI is InChI=1S/C16H15NO5/c1-22-13-4-2-11(3-5-13)9-17-7-6-12(10-17)14(18)8-15(19)16(20)21/h2-7,10H,8-9H2,1H3,(H,20,21). The van der Waals surface area contributed by atoms with Gasteiger partial charge >= 0.3 is 5.97 Å². The zero-order valence-corrected chi connectivity index (χ0v) is 12.0. The van der Waals surface area contributed by atoms with E-state index in [2.05, 4.69) is 0 Å². The molecule has 114 valence electrons. The van der Waals surface area contributed by atoms with Crippen LogP contribution in [-0.4, -0.2) is 34.3 Å². The molecule has 0 saturated heterocycles. The molecule has 0 spiro atoms. The maximum atomic E-state index is 11.8. The Labute approximate surface area is 126 Å². The van der Waals surface area contributed by atoms with Crippen LogP contribution < -0.4 is 4.74 Å². The third-order valence-corrected chi connectivity index (χ3v) is 3.16. The van der Waals surface area contributed by atoms with Crippen molar-refractivity contribution in [2.24, 2.45) is 0 Å². The highest BCUT2D eigenvalue weighted by molar-refractivity contribution is 6.37. The van der Waals surface area contributed by atoms with Crippen molar-refractivity contribution in [1.82, 2.24) is 4.57 Å². The van der Waals surface area contributed by atoms with Crippen LogP contribution in [0.25, 0.3) is 0 Å². The Hall–Kier alpha value is -2.89. The number of carboxylic acid groups (broad SMARTS) is 1. The maximum Gasteiger partial charge on any atom is 0.372 e. The Morgan fingerprint density at radius 2 is 1.82 bits per heavy atom. The molecule has 1 heterocycles. The molecule has 0 radical (unpaired) electrons. The molecule has 2 rings (SSSR count). The summed E-state index contributed by atoms with van der Waals surface area (Å²) in [4.78, 5) is 33.3. The third kappa shape index (κ3) is 3.82. The molecule has 0 aliphatic heterocycles. The topological polar surface area (TPSA) is 85.6 Å². The quantitative estimate of drug-likeness (QED) is 0.478. The normalized spacial score (nSPS) is 10.2. The van der Waals surface area contributed by atoms with Crippen molar-refractivity contribution >= 4 is 17.5 Å². The van der Waals surface area contributed by atoms with Crippen LogP contribution in [-0.2, 0) is 16.1 Å². The number of aliphatic carboxylic acids is 1. The number of ether oxygens (including phenoxy) is 1. The number of methoxy groups -OCH3 is 1. The molecule has 6 heteroatoms. The minimum Gasteiger partial charge on any atom is -0.497 e. The number of benzene rings is 1. The van der Waals surface area contributed by atoms with Crippen molar-refractivity contribution < 1.29 is 24.2 Å². The molecule has 6 nitrogen and oxygen atoms in total. The van der Waals surface area contributed by atoms with Gasteiger partial charge in [-0.2, -0.15) is 0 Å². The highest BCUT2D eigenvalue weighted by Gasteiger charge is 2.18. The van der Waals surface area contributed by atoms with Crippen molar-refractivity contribution in [3.8, 4) is 5.75 Å². The fourth-order valence-corrected chi connectivity index (χ4v) is 1.97. The van der Waals surface area contributed by atoms with Crippen molar-refractivity contribution in [3.05, 3.63) is 53.9 Å². The average molecular weight is 301 g/mol. The number of nitrogens with zero attached hydrogens (tertiary/aromatic N) is 1. The lowest BCUT2D eigenvalue weighted by Gasteiger charge is -2.04. The number of Topliss-reactive ketones (excluding diaryl/α,β-unsaturated/α-hetero) is 2. The summed E-state index contributed by atoms with van der Waals surface area (Å²) in [5, 5.41) is 8.50. The molecule has 0 fully saturated rings. The number of ketones is 2. The summed E-state index contributed by atoms with van der Waals surface area (Å²) < 4.78 is 6.87. The van der Waals surface area contributed by atoms with Crippen LogP contribution in [0.5, 0.6) is 5.75 Å². The molecule has 0 saturated carbocycles. The van der Waals surface area contributed by atoms with Gasteiger partial charge in [0, 0.05) is 24.5 Å². The summed E-state index contributed by atoms with van der Waals surface area (Å²) in [6.45, 7) is 0.560. The molecule has 1 aromatic carbocycles. The van der Waals surface area contributed by atoms with Crippen molar-refractivity contribution in [3.63, 3.8) is 0 Å². The van der Waals surface area contributed by atoms with Crippen LogP contribution in [0.3, 0.4) is 0 Å². The lowest BCUT2D eigenvalue weighted by Crippen LogP contribution is -2.16. The Balaban J connectivity index is 2.02. The summed E-state index contributed by atoms with van der Waals surface area (Å²) >= 11 is 0. The molecule has 0 bridgehead atoms. The molecule has 1 aromatic heterocycles. The predicted molar refractivity (Wildman–Crippen MR) is 78.1 cm³/mol. The molecule has 1 N–H and O–H groups in total. The largest absolute Gasteiger partial charge is 0.497 e. The summed E-state index contributed by atoms with van der Waals surface area (Å²) in [6.07, 6.45) is 2.69. The first kappa shape index (κ1) is 15.5. The van der Waals surface area contributed by atoms with E-state index < -0.39 is 24.0 Å². The maximum absolute atomic E-state index is 11.8. The molecular formula is C16H15NO5. The predicted octanol–water partition coefficient (Wildman–Crippen LogP) is 1.77. The van der Waals surface area contributed by atoms with Crippen LogP contribution in [0.4, 0.5) is 0 Å². The molecule has 0 amide bonds. The molecule has 0 aliphatic carbocycles. The summed E-state index contributed by atoms with van der Waals surface area (Å²) in [6, 6.07) is 9.08. The fourth-order valence-electron chi connectivity index (χ4n) is 1.97. The van der Waals surface area contributed by atoms with Crippen LogP contribution in [0.1, 0.15) is 22.3 Å². The SMILES string of the molecule is COc1ccc(Cn2ccc(C(=O)CC(=O)C(=O)O)c2)cc1. The van der Waals surface area contributed by atoms with Crippen LogP contribution >= 0.6 is 0 Å². The van der Waals surface area contributed by atoms with Gasteiger partial charge in [0.15, 0.2) is 5.78 Å². The number of aromatic nitrogens is 1. The Kier molecular flexibility index (Phi) is 4.73. The third-order valence-electron chi connectivity index (χ3n) is 3.16. The minimum atomic E-state index is -1.59. The average Bonchev–Trinajstić information content (AvgIpc) is 2.96. The number of carbonyl (C=O) groups excluding carboxylic acids is 2. The van der Waals surface area contributed by atoms with Crippen molar-refractivity contribution in [1.29, 1.82) is 0 Å². The van der Waals surface area contributed by atoms with Crippen molar-refractivity contribution in [2.75, 3.05) is 7.11 Å². The van der Waals surface area contributed by atoms with Crippen LogP contribution in [0.15, 0.2) is 42.7 Å². The molecule has 2 aromatic rings. The van der Waals surface area contributed by atoms with Crippen molar-refractivity contribution in [2.45, 2.75) is 13.0 Å². The molecule has 0 unspecified atom stereocenters. The number of hydrogen-bond acceptors (Lipinski definition) is 4. The van der Waals surface area contributed by atoms with Gasteiger partial charge in [0.05, 0.1) is 13.5 Å². The summed E-state index contributed by atoms with van der Waals surface area (Å²) in [5.41, 5.74) is 1.35. The fraction of sp³-hybridized carbons (Fsp3) is 0.188. The molecular weight excluding hydrogens is 286 g/mol. The van der Waals surface area contributed by atoms with E-state index in [-0.39, 0.29) is 0 Å². The van der Waals surface area contributed by atoms with E-state index in [9.17, 15) is 14.4 Å². The first-order valence-corrected chi connectivity index (χ1v) is 6.57. The van der Waals surface area contributed by atoms with Gasteiger partial charge in [-0.15, -0.1) is 0 Å². The number of hydrogen-bond donors (Lipinski definition) is 1. The van der Waals surface area contributed by atoms with E-state index in [4.69, 9.17) is 9.84 Å². The van der Waals surface area contributed by atoms with Gasteiger partial charge in [-0.1, -0.05) is 12.1 Å². The van der Waals surface area contributed by atoms with Crippen LogP contribution in [0, 0.1) is 0 Å². The van der Waals surface area contributed by atoms with Crippen LogP contribution in [0.2, 0.25) is 0 Å². The van der Waals surface area contributed by atoms with E-state index in [0.29, 0.717) is 12.1 Å². The Bertz CT molecular complexity index is 700. The first-order valence-electron chi connectivity index (χ1n) is 6.57. The van der Waals surface area contributed by atoms with Gasteiger partial charge in [0.1, 0.15) is 5.75 Å². The highest BCUT2D eigenvalue weighted by atomic mass is 16.5. The summed E-state index contributed by atoms with van der Waals surface area (Å²) in [7, 11) is 1.59. The number of rotatable bonds is 7. The van der Waals surface area contributed by atoms with Gasteiger partial charge < -0.3 is 14.4 Å². The zero-order chi connectivity index (χ0) is 16.1.